The van der Waals surface area contributed by atoms with Crippen LogP contribution >= 0.6 is 47.8 Å². The van der Waals surface area contributed by atoms with Crippen molar-refractivity contribution in [2.45, 2.75) is 73.8 Å². The standard InChI is InChI=1S/C16H31Br3O2/c1-3-5-6-7-8-9-11-15(16(17,18)19)12-10-13-21-14-20-4-2/h15H,3-14H2,1-2H3. The smallest absolute Gasteiger partial charge is 0.146 e. The first-order valence-electron chi connectivity index (χ1n) is 8.24. The third-order valence-corrected chi connectivity index (χ3v) is 5.52. The summed E-state index contributed by atoms with van der Waals surface area (Å²) in [5.41, 5.74) is 0. The topological polar surface area (TPSA) is 18.5 Å². The fraction of sp³-hybridized carbons (Fsp3) is 1.00. The molecule has 0 N–H and O–H groups in total. The predicted octanol–water partition coefficient (Wildman–Crippen LogP) is 6.98. The van der Waals surface area contributed by atoms with E-state index in [1.54, 1.807) is 0 Å². The predicted molar refractivity (Wildman–Crippen MR) is 103 cm³/mol. The molecular weight excluding hydrogens is 464 g/mol. The van der Waals surface area contributed by atoms with Crippen LogP contribution < -0.4 is 0 Å². The molecule has 0 aromatic rings. The van der Waals surface area contributed by atoms with Crippen LogP contribution in [0.5, 0.6) is 0 Å². The molecule has 1 atom stereocenters. The van der Waals surface area contributed by atoms with Crippen LogP contribution in [0.3, 0.4) is 0 Å². The molecular formula is C16H31Br3O2. The average Bonchev–Trinajstić information content (AvgIpc) is 2.42. The summed E-state index contributed by atoms with van der Waals surface area (Å²) < 4.78 is 10.5. The Labute approximate surface area is 156 Å². The summed E-state index contributed by atoms with van der Waals surface area (Å²) in [6.07, 6.45) is 11.5. The zero-order valence-corrected chi connectivity index (χ0v) is 18.3. The van der Waals surface area contributed by atoms with E-state index in [4.69, 9.17) is 9.47 Å². The van der Waals surface area contributed by atoms with Gasteiger partial charge >= 0.3 is 0 Å². The molecule has 0 radical (unpaired) electrons. The third kappa shape index (κ3) is 14.7. The molecule has 0 aliphatic heterocycles. The van der Waals surface area contributed by atoms with Gasteiger partial charge in [0.05, 0.1) is 0 Å². The van der Waals surface area contributed by atoms with Gasteiger partial charge in [0.1, 0.15) is 8.94 Å². The van der Waals surface area contributed by atoms with E-state index in [0.717, 1.165) is 19.4 Å². The fourth-order valence-corrected chi connectivity index (χ4v) is 3.65. The molecule has 0 aromatic heterocycles. The summed E-state index contributed by atoms with van der Waals surface area (Å²) in [4.78, 5) is 0. The SMILES string of the molecule is CCCCCCCCC(CCCOCOCC)C(Br)(Br)Br. The van der Waals surface area contributed by atoms with Gasteiger partial charge in [-0.05, 0) is 32.1 Å². The van der Waals surface area contributed by atoms with Crippen molar-refractivity contribution in [2.75, 3.05) is 20.0 Å². The fourth-order valence-electron chi connectivity index (χ4n) is 2.28. The van der Waals surface area contributed by atoms with Crippen LogP contribution in [0.15, 0.2) is 0 Å². The zero-order valence-electron chi connectivity index (χ0n) is 13.5. The first-order valence-corrected chi connectivity index (χ1v) is 10.6. The summed E-state index contributed by atoms with van der Waals surface area (Å²) in [6, 6.07) is 0. The second-order valence-electron chi connectivity index (χ2n) is 5.46. The Bertz CT molecular complexity index is 204. The quantitative estimate of drug-likeness (QED) is 0.147. The monoisotopic (exact) mass is 492 g/mol. The van der Waals surface area contributed by atoms with E-state index >= 15 is 0 Å². The molecule has 0 amide bonds. The van der Waals surface area contributed by atoms with Crippen molar-refractivity contribution in [1.82, 2.24) is 0 Å². The lowest BCUT2D eigenvalue weighted by Gasteiger charge is -2.25. The van der Waals surface area contributed by atoms with Crippen LogP contribution in [-0.2, 0) is 9.47 Å². The van der Waals surface area contributed by atoms with E-state index in [1.807, 2.05) is 6.92 Å². The first-order chi connectivity index (χ1) is 10.0. The van der Waals surface area contributed by atoms with Crippen LogP contribution in [0.4, 0.5) is 0 Å². The number of alkyl halides is 3. The molecule has 0 aliphatic carbocycles. The molecule has 2 nitrogen and oxygen atoms in total. The molecule has 0 spiro atoms. The molecule has 5 heteroatoms. The van der Waals surface area contributed by atoms with E-state index in [1.165, 1.54) is 44.9 Å². The Hall–Kier alpha value is 1.36. The van der Waals surface area contributed by atoms with Crippen molar-refractivity contribution in [3.63, 3.8) is 0 Å². The van der Waals surface area contributed by atoms with E-state index in [2.05, 4.69) is 54.7 Å². The molecule has 0 saturated heterocycles. The Morgan fingerprint density at radius 3 is 2.05 bits per heavy atom. The molecule has 0 fully saturated rings. The highest BCUT2D eigenvalue weighted by molar-refractivity contribution is 9.39. The van der Waals surface area contributed by atoms with E-state index in [9.17, 15) is 0 Å². The van der Waals surface area contributed by atoms with Crippen LogP contribution in [0, 0.1) is 5.92 Å². The van der Waals surface area contributed by atoms with E-state index in [-0.39, 0.29) is 2.14 Å². The molecule has 0 heterocycles. The van der Waals surface area contributed by atoms with Gasteiger partial charge in [-0.3, -0.25) is 0 Å². The summed E-state index contributed by atoms with van der Waals surface area (Å²) in [5.74, 6) is 0.569. The number of halogens is 3. The second kappa shape index (κ2) is 14.9. The lowest BCUT2D eigenvalue weighted by Crippen LogP contribution is -2.18. The van der Waals surface area contributed by atoms with Crippen LogP contribution in [-0.4, -0.2) is 22.1 Å². The van der Waals surface area contributed by atoms with Gasteiger partial charge in [0, 0.05) is 13.2 Å². The minimum Gasteiger partial charge on any atom is -0.356 e. The van der Waals surface area contributed by atoms with Gasteiger partial charge in [0.25, 0.3) is 0 Å². The maximum absolute atomic E-state index is 5.44. The van der Waals surface area contributed by atoms with Gasteiger partial charge in [-0.15, -0.1) is 0 Å². The van der Waals surface area contributed by atoms with Gasteiger partial charge < -0.3 is 9.47 Å². The number of ether oxygens (including phenoxy) is 2. The van der Waals surface area contributed by atoms with E-state index in [0.29, 0.717) is 19.3 Å². The van der Waals surface area contributed by atoms with Crippen molar-refractivity contribution in [1.29, 1.82) is 0 Å². The lowest BCUT2D eigenvalue weighted by molar-refractivity contribution is -0.0507. The minimum atomic E-state index is -0.143. The molecule has 1 unspecified atom stereocenters. The normalized spacial score (nSPS) is 13.6. The van der Waals surface area contributed by atoms with Crippen molar-refractivity contribution in [3.8, 4) is 0 Å². The molecule has 0 saturated carbocycles. The second-order valence-corrected chi connectivity index (χ2v) is 12.4. The third-order valence-electron chi connectivity index (χ3n) is 3.58. The van der Waals surface area contributed by atoms with Crippen molar-refractivity contribution < 1.29 is 9.47 Å². The zero-order chi connectivity index (χ0) is 16.0. The van der Waals surface area contributed by atoms with Gasteiger partial charge in [0.15, 0.2) is 0 Å². The minimum absolute atomic E-state index is 0.143. The Morgan fingerprint density at radius 2 is 1.43 bits per heavy atom. The number of hydrogen-bond acceptors (Lipinski definition) is 2. The maximum atomic E-state index is 5.44. The molecule has 0 aliphatic rings. The number of unbranched alkanes of at least 4 members (excludes halogenated alkanes) is 5. The number of hydrogen-bond donors (Lipinski definition) is 0. The van der Waals surface area contributed by atoms with Crippen molar-refractivity contribution >= 4 is 47.8 Å². The Morgan fingerprint density at radius 1 is 0.810 bits per heavy atom. The van der Waals surface area contributed by atoms with Crippen LogP contribution in [0.1, 0.15) is 71.6 Å². The van der Waals surface area contributed by atoms with Gasteiger partial charge in [-0.25, -0.2) is 0 Å². The van der Waals surface area contributed by atoms with Gasteiger partial charge in [-0.1, -0.05) is 93.2 Å². The molecule has 0 bridgehead atoms. The van der Waals surface area contributed by atoms with Crippen molar-refractivity contribution in [3.05, 3.63) is 0 Å². The largest absolute Gasteiger partial charge is 0.356 e. The lowest BCUT2D eigenvalue weighted by atomic mass is 9.97. The van der Waals surface area contributed by atoms with E-state index < -0.39 is 0 Å². The molecule has 0 rings (SSSR count). The Kier molecular flexibility index (Phi) is 15.9. The van der Waals surface area contributed by atoms with Gasteiger partial charge in [0.2, 0.25) is 0 Å². The Balaban J connectivity index is 3.74. The number of rotatable bonds is 14. The molecule has 128 valence electrons. The highest BCUT2D eigenvalue weighted by atomic mass is 80.0. The summed E-state index contributed by atoms with van der Waals surface area (Å²) in [7, 11) is 0. The summed E-state index contributed by atoms with van der Waals surface area (Å²) in [5, 5.41) is 0. The highest BCUT2D eigenvalue weighted by Gasteiger charge is 2.29. The van der Waals surface area contributed by atoms with Crippen molar-refractivity contribution in [2.24, 2.45) is 5.92 Å². The van der Waals surface area contributed by atoms with Crippen LogP contribution in [0.25, 0.3) is 0 Å². The molecule has 21 heavy (non-hydrogen) atoms. The molecule has 0 aromatic carbocycles. The first kappa shape index (κ1) is 22.4. The average molecular weight is 495 g/mol. The van der Waals surface area contributed by atoms with Crippen LogP contribution in [0.2, 0.25) is 0 Å². The summed E-state index contributed by atoms with van der Waals surface area (Å²) >= 11 is 11.1. The maximum Gasteiger partial charge on any atom is 0.146 e. The summed E-state index contributed by atoms with van der Waals surface area (Å²) in [6.45, 7) is 6.15. The highest BCUT2D eigenvalue weighted by Crippen LogP contribution is 2.45. The van der Waals surface area contributed by atoms with Gasteiger partial charge in [-0.2, -0.15) is 0 Å².